The summed E-state index contributed by atoms with van der Waals surface area (Å²) in [5, 5.41) is 121. The predicted molar refractivity (Wildman–Crippen MR) is 383 cm³/mol. The van der Waals surface area contributed by atoms with Crippen LogP contribution in [0, 0.1) is 0 Å². The molecule has 0 spiro atoms. The van der Waals surface area contributed by atoms with Gasteiger partial charge in [-0.25, -0.2) is 0 Å². The van der Waals surface area contributed by atoms with Crippen LogP contribution in [0.25, 0.3) is 0 Å². The number of hydrogen-bond donors (Lipinski definition) is 12. The molecule has 3 saturated heterocycles. The number of rotatable bonds is 57. The Morgan fingerprint density at radius 2 is 0.722 bits per heavy atom. The Morgan fingerprint density at radius 1 is 0.381 bits per heavy atom. The van der Waals surface area contributed by atoms with Crippen molar-refractivity contribution in [3.63, 3.8) is 0 Å². The third kappa shape index (κ3) is 38.9. The fourth-order valence-electron chi connectivity index (χ4n) is 12.0. The van der Waals surface area contributed by atoms with Gasteiger partial charge in [-0.3, -0.25) is 4.79 Å². The van der Waals surface area contributed by atoms with Crippen LogP contribution in [0.3, 0.4) is 0 Å². The van der Waals surface area contributed by atoms with Gasteiger partial charge in [0.1, 0.15) is 73.2 Å². The van der Waals surface area contributed by atoms with Crippen LogP contribution in [-0.2, 0) is 33.2 Å². The van der Waals surface area contributed by atoms with E-state index in [2.05, 4.69) is 116 Å². The van der Waals surface area contributed by atoms with E-state index in [1.807, 2.05) is 6.08 Å². The number of amides is 1. The minimum atomic E-state index is -1.99. The molecule has 19 nitrogen and oxygen atoms in total. The van der Waals surface area contributed by atoms with Gasteiger partial charge in [0.25, 0.3) is 0 Å². The molecule has 17 atom stereocenters. The highest BCUT2D eigenvalue weighted by Crippen LogP contribution is 2.33. The standard InChI is InChI=1S/C78H133NO18/c1-3-5-7-9-11-13-15-17-19-21-23-25-27-29-30-32-34-36-38-40-42-44-46-48-50-52-54-56-66(84)79-61(62(83)55-53-51-49-47-45-43-41-39-37-35-33-31-28-26-24-22-20-18-16-14-12-10-8-6-4-2)60-92-76-72(90)69(87)74(64(58-81)94-76)97-78-73(91)70(88)75(65(59-82)95-78)96-77-71(89)68(86)67(85)63(57-80)93-77/h5,7,11,13,17,19,23,25,29-30,34,36,40,42,45,47,53,55,61-65,67-78,80-83,85-91H,3-4,6,8-10,12,14-16,18,20-22,24,26-28,31-33,35,37-39,41,43-44,46,48-52,54,56-60H2,1-2H3,(H,79,84)/b7-5-,13-11-,19-17-,25-23-,30-29-,36-34-,42-40-,47-45+,55-53+. The highest BCUT2D eigenvalue weighted by molar-refractivity contribution is 5.76. The van der Waals surface area contributed by atoms with Gasteiger partial charge in [0, 0.05) is 6.42 Å². The van der Waals surface area contributed by atoms with E-state index in [1.54, 1.807) is 6.08 Å². The van der Waals surface area contributed by atoms with Crippen LogP contribution < -0.4 is 5.32 Å². The molecule has 0 aromatic carbocycles. The summed E-state index contributed by atoms with van der Waals surface area (Å²) in [7, 11) is 0. The molecule has 3 heterocycles. The Morgan fingerprint density at radius 3 is 1.15 bits per heavy atom. The summed E-state index contributed by atoms with van der Waals surface area (Å²) in [5.41, 5.74) is 0. The molecule has 0 aliphatic carbocycles. The Bertz CT molecular complexity index is 2180. The van der Waals surface area contributed by atoms with E-state index in [0.717, 1.165) is 96.3 Å². The van der Waals surface area contributed by atoms with Crippen LogP contribution in [0.4, 0.5) is 0 Å². The molecule has 0 aromatic rings. The summed E-state index contributed by atoms with van der Waals surface area (Å²) < 4.78 is 34.4. The van der Waals surface area contributed by atoms with Crippen molar-refractivity contribution in [1.82, 2.24) is 5.32 Å². The summed E-state index contributed by atoms with van der Waals surface area (Å²) >= 11 is 0. The number of nitrogens with one attached hydrogen (secondary N) is 1. The molecule has 12 N–H and O–H groups in total. The molecule has 1 amide bonds. The SMILES string of the molecule is CC/C=C\C/C=C\C/C=C\C/C=C\C/C=C\C/C=C\C/C=C\CCCCCCCC(=O)NC(COC1OC(CO)C(OC2OC(CO)C(OC3OC(CO)C(O)C(O)C3O)C(O)C2O)C(O)C1O)C(O)/C=C/CC/C=C/CCCCCCCCCCCCCCCCCCCCC. The fourth-order valence-corrected chi connectivity index (χ4v) is 12.0. The van der Waals surface area contributed by atoms with E-state index >= 15 is 0 Å². The van der Waals surface area contributed by atoms with Crippen molar-refractivity contribution in [3.8, 4) is 0 Å². The second-order valence-corrected chi connectivity index (χ2v) is 26.4. The van der Waals surface area contributed by atoms with Crippen molar-refractivity contribution in [2.75, 3.05) is 26.4 Å². The first-order valence-corrected chi connectivity index (χ1v) is 37.6. The lowest BCUT2D eigenvalue weighted by Gasteiger charge is -2.48. The zero-order chi connectivity index (χ0) is 70.4. The van der Waals surface area contributed by atoms with Gasteiger partial charge in [0.05, 0.1) is 38.6 Å². The molecule has 3 fully saturated rings. The van der Waals surface area contributed by atoms with E-state index in [4.69, 9.17) is 28.4 Å². The van der Waals surface area contributed by atoms with Gasteiger partial charge in [0.2, 0.25) is 5.91 Å². The third-order valence-electron chi connectivity index (χ3n) is 18.1. The normalized spacial score (nSPS) is 27.5. The first-order chi connectivity index (χ1) is 47.3. The van der Waals surface area contributed by atoms with Crippen molar-refractivity contribution in [2.45, 2.75) is 349 Å². The Hall–Kier alpha value is -3.55. The Labute approximate surface area is 583 Å². The number of aliphatic hydroxyl groups excluding tert-OH is 11. The number of unbranched alkanes of at least 4 members (excludes halogenated alkanes) is 25. The number of allylic oxidation sites excluding steroid dienone is 17. The van der Waals surface area contributed by atoms with E-state index in [1.165, 1.54) is 116 Å². The summed E-state index contributed by atoms with van der Waals surface area (Å²) in [6, 6.07) is -1.01. The van der Waals surface area contributed by atoms with Crippen molar-refractivity contribution in [1.29, 1.82) is 0 Å². The largest absolute Gasteiger partial charge is 0.394 e. The lowest BCUT2D eigenvalue weighted by molar-refractivity contribution is -0.379. The maximum Gasteiger partial charge on any atom is 0.220 e. The van der Waals surface area contributed by atoms with E-state index in [0.29, 0.717) is 12.8 Å². The Balaban J connectivity index is 1.44. The average Bonchev–Trinajstić information content (AvgIpc) is 0.790. The van der Waals surface area contributed by atoms with Crippen LogP contribution in [0.5, 0.6) is 0 Å². The second kappa shape index (κ2) is 58.0. The van der Waals surface area contributed by atoms with Crippen molar-refractivity contribution in [2.24, 2.45) is 0 Å². The summed E-state index contributed by atoms with van der Waals surface area (Å²) in [6.07, 6.45) is 52.0. The number of aliphatic hydroxyl groups is 11. The minimum Gasteiger partial charge on any atom is -0.394 e. The van der Waals surface area contributed by atoms with Gasteiger partial charge in [-0.15, -0.1) is 0 Å². The minimum absolute atomic E-state index is 0.206. The van der Waals surface area contributed by atoms with Crippen molar-refractivity contribution in [3.05, 3.63) is 109 Å². The molecule has 17 unspecified atom stereocenters. The van der Waals surface area contributed by atoms with E-state index in [9.17, 15) is 61.0 Å². The fraction of sp³-hybridized carbons (Fsp3) is 0.756. The highest BCUT2D eigenvalue weighted by atomic mass is 16.8. The molecule has 558 valence electrons. The molecule has 0 bridgehead atoms. The van der Waals surface area contributed by atoms with E-state index in [-0.39, 0.29) is 18.9 Å². The van der Waals surface area contributed by atoms with Crippen LogP contribution in [0.1, 0.15) is 245 Å². The van der Waals surface area contributed by atoms with Gasteiger partial charge in [-0.05, 0) is 89.9 Å². The summed E-state index contributed by atoms with van der Waals surface area (Å²) in [5.74, 6) is -0.307. The number of carbonyl (C=O) groups is 1. The van der Waals surface area contributed by atoms with Crippen LogP contribution >= 0.6 is 0 Å². The Kier molecular flexibility index (Phi) is 52.4. The molecule has 3 rings (SSSR count). The lowest BCUT2D eigenvalue weighted by Crippen LogP contribution is -2.66. The van der Waals surface area contributed by atoms with Crippen molar-refractivity contribution < 1.29 is 89.4 Å². The molecule has 0 saturated carbocycles. The second-order valence-electron chi connectivity index (χ2n) is 26.4. The van der Waals surface area contributed by atoms with Gasteiger partial charge in [-0.1, -0.05) is 258 Å². The summed E-state index contributed by atoms with van der Waals surface area (Å²) in [6.45, 7) is 1.59. The van der Waals surface area contributed by atoms with Gasteiger partial charge >= 0.3 is 0 Å². The molecule has 0 radical (unpaired) electrons. The number of hydrogen-bond acceptors (Lipinski definition) is 18. The first-order valence-electron chi connectivity index (χ1n) is 37.6. The van der Waals surface area contributed by atoms with Crippen LogP contribution in [-0.4, -0.2) is 193 Å². The third-order valence-corrected chi connectivity index (χ3v) is 18.1. The maximum absolute atomic E-state index is 13.4. The molecule has 3 aliphatic rings. The van der Waals surface area contributed by atoms with E-state index < -0.39 is 124 Å². The maximum atomic E-state index is 13.4. The predicted octanol–water partition coefficient (Wildman–Crippen LogP) is 11.4. The topological polar surface area (TPSA) is 307 Å². The zero-order valence-electron chi connectivity index (χ0n) is 59.3. The number of ether oxygens (including phenoxy) is 6. The van der Waals surface area contributed by atoms with Gasteiger partial charge in [0.15, 0.2) is 18.9 Å². The molecular formula is C78H133NO18. The highest BCUT2D eigenvalue weighted by Gasteiger charge is 2.53. The quantitative estimate of drug-likeness (QED) is 0.0199. The van der Waals surface area contributed by atoms with Gasteiger partial charge < -0.3 is 89.9 Å². The van der Waals surface area contributed by atoms with Crippen LogP contribution in [0.15, 0.2) is 109 Å². The summed E-state index contributed by atoms with van der Waals surface area (Å²) in [4.78, 5) is 13.4. The molecular weight excluding hydrogens is 1240 g/mol. The zero-order valence-corrected chi connectivity index (χ0v) is 59.3. The first kappa shape index (κ1) is 87.7. The molecule has 19 heteroatoms. The smallest absolute Gasteiger partial charge is 0.220 e. The average molecular weight is 1370 g/mol. The lowest BCUT2D eigenvalue weighted by atomic mass is 9.96. The van der Waals surface area contributed by atoms with Crippen LogP contribution in [0.2, 0.25) is 0 Å². The monoisotopic (exact) mass is 1370 g/mol. The van der Waals surface area contributed by atoms with Gasteiger partial charge in [-0.2, -0.15) is 0 Å². The molecule has 97 heavy (non-hydrogen) atoms. The molecule has 0 aromatic heterocycles. The molecule has 3 aliphatic heterocycles. The van der Waals surface area contributed by atoms with Crippen molar-refractivity contribution >= 4 is 5.91 Å². The number of carbonyl (C=O) groups excluding carboxylic acids is 1.